The van der Waals surface area contributed by atoms with E-state index in [0.717, 1.165) is 18.8 Å². The minimum atomic E-state index is 1.05. The van der Waals surface area contributed by atoms with E-state index >= 15 is 0 Å². The summed E-state index contributed by atoms with van der Waals surface area (Å²) in [4.78, 5) is 3.78. The van der Waals surface area contributed by atoms with Gasteiger partial charge in [0.05, 0.1) is 0 Å². The average molecular weight is 271 g/mol. The molecule has 0 radical (unpaired) electrons. The van der Waals surface area contributed by atoms with E-state index in [1.54, 1.807) is 0 Å². The number of nitrogens with zero attached hydrogens (tertiary/aromatic N) is 1. The molecule has 0 saturated carbocycles. The first-order valence-corrected chi connectivity index (χ1v) is 7.77. The van der Waals surface area contributed by atoms with Crippen molar-refractivity contribution in [2.75, 3.05) is 23.7 Å². The van der Waals surface area contributed by atoms with Gasteiger partial charge in [0.25, 0.3) is 0 Å². The molecule has 0 saturated heterocycles. The Hall–Kier alpha value is -1.41. The van der Waals surface area contributed by atoms with Crippen LogP contribution in [-0.2, 0) is 0 Å². The van der Waals surface area contributed by atoms with Crippen LogP contribution in [0.25, 0.3) is 0 Å². The van der Waals surface area contributed by atoms with Gasteiger partial charge in [0.1, 0.15) is 0 Å². The molecule has 0 aliphatic heterocycles. The van der Waals surface area contributed by atoms with Crippen LogP contribution in [0.2, 0.25) is 0 Å². The molecular formula is C17H21NS. The lowest BCUT2D eigenvalue weighted by molar-refractivity contribution is 0.871. The molecule has 0 fully saturated rings. The lowest BCUT2D eigenvalue weighted by atomic mass is 10.2. The third-order valence-corrected chi connectivity index (χ3v) is 4.11. The van der Waals surface area contributed by atoms with Crippen LogP contribution in [0.3, 0.4) is 0 Å². The second kappa shape index (κ2) is 7.25. The van der Waals surface area contributed by atoms with Gasteiger partial charge in [-0.2, -0.15) is 0 Å². The fourth-order valence-electron chi connectivity index (χ4n) is 2.08. The van der Waals surface area contributed by atoms with E-state index in [-0.39, 0.29) is 0 Å². The van der Waals surface area contributed by atoms with Crippen molar-refractivity contribution in [2.24, 2.45) is 0 Å². The maximum Gasteiger partial charge on any atom is 0.0369 e. The number of benzene rings is 2. The van der Waals surface area contributed by atoms with Crippen molar-refractivity contribution in [1.82, 2.24) is 0 Å². The molecule has 19 heavy (non-hydrogen) atoms. The highest BCUT2D eigenvalue weighted by atomic mass is 32.2. The molecule has 100 valence electrons. The van der Waals surface area contributed by atoms with Gasteiger partial charge in [0.2, 0.25) is 0 Å². The van der Waals surface area contributed by atoms with Crippen LogP contribution in [0.1, 0.15) is 12.5 Å². The van der Waals surface area contributed by atoms with Crippen LogP contribution in [0.5, 0.6) is 0 Å². The molecule has 0 aliphatic carbocycles. The van der Waals surface area contributed by atoms with Crippen LogP contribution in [0.4, 0.5) is 5.69 Å². The molecule has 0 aromatic heterocycles. The summed E-state index contributed by atoms with van der Waals surface area (Å²) in [5.41, 5.74) is 2.66. The summed E-state index contributed by atoms with van der Waals surface area (Å²) in [6.07, 6.45) is 0. The van der Waals surface area contributed by atoms with Crippen molar-refractivity contribution < 1.29 is 0 Å². The number of thioether (sulfide) groups is 1. The van der Waals surface area contributed by atoms with Crippen LogP contribution < -0.4 is 4.90 Å². The minimum Gasteiger partial charge on any atom is -0.371 e. The summed E-state index contributed by atoms with van der Waals surface area (Å²) in [6, 6.07) is 19.4. The fourth-order valence-corrected chi connectivity index (χ4v) is 2.98. The van der Waals surface area contributed by atoms with Crippen molar-refractivity contribution in [3.8, 4) is 0 Å². The first-order valence-electron chi connectivity index (χ1n) is 6.79. The van der Waals surface area contributed by atoms with Crippen molar-refractivity contribution in [3.63, 3.8) is 0 Å². The topological polar surface area (TPSA) is 3.24 Å². The zero-order valence-electron chi connectivity index (χ0n) is 11.7. The van der Waals surface area contributed by atoms with Gasteiger partial charge in [0.15, 0.2) is 0 Å². The van der Waals surface area contributed by atoms with E-state index < -0.39 is 0 Å². The maximum absolute atomic E-state index is 2.43. The molecule has 0 aliphatic rings. The number of anilines is 1. The van der Waals surface area contributed by atoms with E-state index in [9.17, 15) is 0 Å². The predicted octanol–water partition coefficient (Wildman–Crippen LogP) is 4.61. The smallest absolute Gasteiger partial charge is 0.0369 e. The third kappa shape index (κ3) is 4.32. The standard InChI is InChI=1S/C17H21NS/c1-3-18(16-9-7-8-15(2)14-16)12-13-19-17-10-5-4-6-11-17/h4-11,14H,3,12-13H2,1-2H3. The summed E-state index contributed by atoms with van der Waals surface area (Å²) >= 11 is 1.92. The Balaban J connectivity index is 1.89. The minimum absolute atomic E-state index is 1.05. The molecule has 0 atom stereocenters. The second-order valence-electron chi connectivity index (χ2n) is 4.58. The van der Waals surface area contributed by atoms with Gasteiger partial charge >= 0.3 is 0 Å². The van der Waals surface area contributed by atoms with E-state index in [1.165, 1.54) is 16.1 Å². The van der Waals surface area contributed by atoms with Gasteiger partial charge in [-0.15, -0.1) is 11.8 Å². The predicted molar refractivity (Wildman–Crippen MR) is 86.2 cm³/mol. The zero-order chi connectivity index (χ0) is 13.5. The average Bonchev–Trinajstić information content (AvgIpc) is 2.45. The quantitative estimate of drug-likeness (QED) is 0.706. The molecule has 0 amide bonds. The van der Waals surface area contributed by atoms with Crippen molar-refractivity contribution >= 4 is 17.4 Å². The molecule has 1 nitrogen and oxygen atoms in total. The van der Waals surface area contributed by atoms with E-state index in [0.29, 0.717) is 0 Å². The van der Waals surface area contributed by atoms with Crippen LogP contribution in [0.15, 0.2) is 59.5 Å². The highest BCUT2D eigenvalue weighted by Gasteiger charge is 2.04. The Morgan fingerprint density at radius 3 is 2.47 bits per heavy atom. The van der Waals surface area contributed by atoms with Gasteiger partial charge in [-0.3, -0.25) is 0 Å². The number of hydrogen-bond donors (Lipinski definition) is 0. The van der Waals surface area contributed by atoms with Crippen LogP contribution in [0, 0.1) is 6.92 Å². The molecule has 2 rings (SSSR count). The fraction of sp³-hybridized carbons (Fsp3) is 0.294. The van der Waals surface area contributed by atoms with Crippen LogP contribution >= 0.6 is 11.8 Å². The van der Waals surface area contributed by atoms with Crippen molar-refractivity contribution in [3.05, 3.63) is 60.2 Å². The number of hydrogen-bond acceptors (Lipinski definition) is 2. The SMILES string of the molecule is CCN(CCSc1ccccc1)c1cccc(C)c1. The van der Waals surface area contributed by atoms with Crippen molar-refractivity contribution in [1.29, 1.82) is 0 Å². The monoisotopic (exact) mass is 271 g/mol. The normalized spacial score (nSPS) is 10.4. The molecule has 0 heterocycles. The third-order valence-electron chi connectivity index (χ3n) is 3.12. The lowest BCUT2D eigenvalue weighted by Gasteiger charge is -2.23. The lowest BCUT2D eigenvalue weighted by Crippen LogP contribution is -2.25. The van der Waals surface area contributed by atoms with Crippen molar-refractivity contribution in [2.45, 2.75) is 18.7 Å². The van der Waals surface area contributed by atoms with Gasteiger partial charge in [-0.1, -0.05) is 30.3 Å². The Kier molecular flexibility index (Phi) is 5.34. The summed E-state index contributed by atoms with van der Waals surface area (Å²) in [5.74, 6) is 1.12. The zero-order valence-corrected chi connectivity index (χ0v) is 12.5. The molecule has 0 bridgehead atoms. The number of aryl methyl sites for hydroxylation is 1. The van der Waals surface area contributed by atoms with Gasteiger partial charge < -0.3 is 4.90 Å². The second-order valence-corrected chi connectivity index (χ2v) is 5.75. The Morgan fingerprint density at radius 1 is 1.00 bits per heavy atom. The van der Waals surface area contributed by atoms with Gasteiger partial charge in [-0.05, 0) is 43.7 Å². The first kappa shape index (κ1) is 14.0. The molecule has 2 aromatic carbocycles. The van der Waals surface area contributed by atoms with E-state index in [4.69, 9.17) is 0 Å². The molecule has 0 unspecified atom stereocenters. The maximum atomic E-state index is 2.43. The highest BCUT2D eigenvalue weighted by molar-refractivity contribution is 7.99. The van der Waals surface area contributed by atoms with Gasteiger partial charge in [0, 0.05) is 29.4 Å². The van der Waals surface area contributed by atoms with E-state index in [1.807, 2.05) is 11.8 Å². The number of rotatable bonds is 6. The molecular weight excluding hydrogens is 250 g/mol. The molecule has 0 spiro atoms. The highest BCUT2D eigenvalue weighted by Crippen LogP contribution is 2.20. The van der Waals surface area contributed by atoms with E-state index in [2.05, 4.69) is 73.3 Å². The Morgan fingerprint density at radius 2 is 1.79 bits per heavy atom. The molecule has 2 heteroatoms. The molecule has 2 aromatic rings. The summed E-state index contributed by atoms with van der Waals surface area (Å²) in [5, 5.41) is 0. The first-order chi connectivity index (χ1) is 9.29. The Labute approximate surface area is 120 Å². The summed E-state index contributed by atoms with van der Waals surface area (Å²) in [7, 11) is 0. The summed E-state index contributed by atoms with van der Waals surface area (Å²) < 4.78 is 0. The summed E-state index contributed by atoms with van der Waals surface area (Å²) in [6.45, 7) is 6.50. The van der Waals surface area contributed by atoms with Crippen LogP contribution in [-0.4, -0.2) is 18.8 Å². The Bertz CT molecular complexity index is 496. The van der Waals surface area contributed by atoms with Gasteiger partial charge in [-0.25, -0.2) is 0 Å². The largest absolute Gasteiger partial charge is 0.371 e. The molecule has 0 N–H and O–H groups in total.